The Morgan fingerprint density at radius 2 is 2.17 bits per heavy atom. The molecule has 2 amide bonds. The molecule has 18 heavy (non-hydrogen) atoms. The fourth-order valence-corrected chi connectivity index (χ4v) is 1.82. The van der Waals surface area contributed by atoms with E-state index in [0.29, 0.717) is 13.1 Å². The molecule has 1 aromatic heterocycles. The van der Waals surface area contributed by atoms with Crippen LogP contribution in [0.15, 0.2) is 16.9 Å². The summed E-state index contributed by atoms with van der Waals surface area (Å²) in [5, 5.41) is 6.57. The molecule has 0 bridgehead atoms. The van der Waals surface area contributed by atoms with Gasteiger partial charge in [0.15, 0.2) is 0 Å². The molecule has 96 valence electrons. The van der Waals surface area contributed by atoms with E-state index in [0.717, 1.165) is 4.68 Å². The number of amides is 2. The highest BCUT2D eigenvalue weighted by molar-refractivity contribution is 5.96. The Labute approximate surface area is 103 Å². The number of piperazine rings is 1. The Hall–Kier alpha value is -2.18. The van der Waals surface area contributed by atoms with Crippen molar-refractivity contribution < 1.29 is 9.59 Å². The molecule has 7 nitrogen and oxygen atoms in total. The summed E-state index contributed by atoms with van der Waals surface area (Å²) in [6.07, 6.45) is 0. The largest absolute Gasteiger partial charge is 0.353 e. The van der Waals surface area contributed by atoms with Gasteiger partial charge in [0, 0.05) is 26.2 Å². The maximum absolute atomic E-state index is 12.2. The van der Waals surface area contributed by atoms with Crippen molar-refractivity contribution in [3.8, 4) is 0 Å². The van der Waals surface area contributed by atoms with Gasteiger partial charge in [-0.15, -0.1) is 0 Å². The molecule has 2 heterocycles. The van der Waals surface area contributed by atoms with Crippen LogP contribution in [-0.4, -0.2) is 45.6 Å². The van der Waals surface area contributed by atoms with Crippen molar-refractivity contribution in [1.29, 1.82) is 0 Å². The lowest BCUT2D eigenvalue weighted by Gasteiger charge is -2.32. The SMILES string of the molecule is CC1C(=O)NCCN1C(=O)c1ccc(=O)n(C)n1. The van der Waals surface area contributed by atoms with Crippen LogP contribution in [-0.2, 0) is 11.8 Å². The second-order valence-corrected chi connectivity index (χ2v) is 4.15. The van der Waals surface area contributed by atoms with Crippen LogP contribution in [0, 0.1) is 0 Å². The molecule has 1 N–H and O–H groups in total. The molecule has 1 aliphatic heterocycles. The third-order valence-electron chi connectivity index (χ3n) is 2.94. The molecule has 0 aliphatic carbocycles. The van der Waals surface area contributed by atoms with E-state index < -0.39 is 6.04 Å². The van der Waals surface area contributed by atoms with Gasteiger partial charge in [-0.1, -0.05) is 0 Å². The Morgan fingerprint density at radius 3 is 2.83 bits per heavy atom. The number of hydrogen-bond acceptors (Lipinski definition) is 4. The Morgan fingerprint density at radius 1 is 1.44 bits per heavy atom. The topological polar surface area (TPSA) is 84.3 Å². The molecule has 1 atom stereocenters. The maximum atomic E-state index is 12.2. The van der Waals surface area contributed by atoms with Crippen LogP contribution >= 0.6 is 0 Å². The molecule has 0 spiro atoms. The Kier molecular flexibility index (Phi) is 3.14. The van der Waals surface area contributed by atoms with Crippen LogP contribution in [0.5, 0.6) is 0 Å². The summed E-state index contributed by atoms with van der Waals surface area (Å²) >= 11 is 0. The van der Waals surface area contributed by atoms with Crippen molar-refractivity contribution in [1.82, 2.24) is 20.0 Å². The van der Waals surface area contributed by atoms with E-state index in [2.05, 4.69) is 10.4 Å². The highest BCUT2D eigenvalue weighted by Gasteiger charge is 2.30. The molecular formula is C11H14N4O3. The van der Waals surface area contributed by atoms with Crippen LogP contribution in [0.1, 0.15) is 17.4 Å². The van der Waals surface area contributed by atoms with E-state index in [4.69, 9.17) is 0 Å². The van der Waals surface area contributed by atoms with E-state index in [9.17, 15) is 14.4 Å². The van der Waals surface area contributed by atoms with Gasteiger partial charge in [0.1, 0.15) is 11.7 Å². The van der Waals surface area contributed by atoms with Crippen molar-refractivity contribution in [3.05, 3.63) is 28.2 Å². The van der Waals surface area contributed by atoms with Crippen LogP contribution in [0.3, 0.4) is 0 Å². The molecule has 7 heteroatoms. The van der Waals surface area contributed by atoms with Gasteiger partial charge in [0.05, 0.1) is 0 Å². The van der Waals surface area contributed by atoms with Gasteiger partial charge in [0.2, 0.25) is 5.91 Å². The first-order chi connectivity index (χ1) is 8.50. The minimum Gasteiger partial charge on any atom is -0.353 e. The van der Waals surface area contributed by atoms with Crippen LogP contribution < -0.4 is 10.9 Å². The van der Waals surface area contributed by atoms with Crippen molar-refractivity contribution in [3.63, 3.8) is 0 Å². The third kappa shape index (κ3) is 2.11. The predicted octanol–water partition coefficient (Wildman–Crippen LogP) is -1.26. The van der Waals surface area contributed by atoms with Crippen LogP contribution in [0.25, 0.3) is 0 Å². The minimum atomic E-state index is -0.523. The van der Waals surface area contributed by atoms with Crippen molar-refractivity contribution in [2.75, 3.05) is 13.1 Å². The average molecular weight is 250 g/mol. The highest BCUT2D eigenvalue weighted by Crippen LogP contribution is 2.08. The van der Waals surface area contributed by atoms with E-state index in [1.165, 1.54) is 24.1 Å². The van der Waals surface area contributed by atoms with E-state index >= 15 is 0 Å². The normalized spacial score (nSPS) is 19.6. The molecule has 1 saturated heterocycles. The summed E-state index contributed by atoms with van der Waals surface area (Å²) in [7, 11) is 1.48. The number of rotatable bonds is 1. The minimum absolute atomic E-state index is 0.165. The van der Waals surface area contributed by atoms with Crippen LogP contribution in [0.4, 0.5) is 0 Å². The van der Waals surface area contributed by atoms with Gasteiger partial charge in [-0.25, -0.2) is 4.68 Å². The summed E-state index contributed by atoms with van der Waals surface area (Å²) in [4.78, 5) is 36.3. The number of carbonyl (C=O) groups is 2. The van der Waals surface area contributed by atoms with Crippen LogP contribution in [0.2, 0.25) is 0 Å². The predicted molar refractivity (Wildman–Crippen MR) is 63.0 cm³/mol. The lowest BCUT2D eigenvalue weighted by Crippen LogP contribution is -2.56. The molecular weight excluding hydrogens is 236 g/mol. The lowest BCUT2D eigenvalue weighted by molar-refractivity contribution is -0.127. The quantitative estimate of drug-likeness (QED) is 0.674. The zero-order valence-electron chi connectivity index (χ0n) is 10.2. The summed E-state index contributed by atoms with van der Waals surface area (Å²) in [5.41, 5.74) is -0.116. The first-order valence-corrected chi connectivity index (χ1v) is 5.64. The molecule has 1 fully saturated rings. The van der Waals surface area contributed by atoms with Gasteiger partial charge in [0.25, 0.3) is 11.5 Å². The van der Waals surface area contributed by atoms with Gasteiger partial charge >= 0.3 is 0 Å². The first kappa shape index (κ1) is 12.3. The van der Waals surface area contributed by atoms with Gasteiger partial charge in [-0.3, -0.25) is 14.4 Å². The molecule has 0 radical (unpaired) electrons. The fraction of sp³-hybridized carbons (Fsp3) is 0.455. The zero-order valence-corrected chi connectivity index (χ0v) is 10.2. The van der Waals surface area contributed by atoms with Gasteiger partial charge < -0.3 is 10.2 Å². The molecule has 0 saturated carbocycles. The van der Waals surface area contributed by atoms with E-state index in [-0.39, 0.29) is 23.1 Å². The number of nitrogens with zero attached hydrogens (tertiary/aromatic N) is 3. The fourth-order valence-electron chi connectivity index (χ4n) is 1.82. The second-order valence-electron chi connectivity index (χ2n) is 4.15. The van der Waals surface area contributed by atoms with Crippen molar-refractivity contribution >= 4 is 11.8 Å². The number of carbonyl (C=O) groups excluding carboxylic acids is 2. The first-order valence-electron chi connectivity index (χ1n) is 5.64. The number of aryl methyl sites for hydroxylation is 1. The van der Waals surface area contributed by atoms with Gasteiger partial charge in [-0.2, -0.15) is 5.10 Å². The summed E-state index contributed by atoms with van der Waals surface area (Å²) in [5.74, 6) is -0.521. The monoisotopic (exact) mass is 250 g/mol. The summed E-state index contributed by atoms with van der Waals surface area (Å²) in [6.45, 7) is 2.53. The molecule has 2 rings (SSSR count). The van der Waals surface area contributed by atoms with E-state index in [1.807, 2.05) is 0 Å². The second kappa shape index (κ2) is 4.59. The van der Waals surface area contributed by atoms with Crippen molar-refractivity contribution in [2.45, 2.75) is 13.0 Å². The van der Waals surface area contributed by atoms with Crippen molar-refractivity contribution in [2.24, 2.45) is 7.05 Å². The Balaban J connectivity index is 2.27. The Bertz CT molecular complexity index is 551. The highest BCUT2D eigenvalue weighted by atomic mass is 16.2. The third-order valence-corrected chi connectivity index (χ3v) is 2.94. The zero-order chi connectivity index (χ0) is 13.3. The molecule has 0 aromatic carbocycles. The molecule has 1 aliphatic rings. The lowest BCUT2D eigenvalue weighted by atomic mass is 10.2. The summed E-state index contributed by atoms with van der Waals surface area (Å²) < 4.78 is 1.10. The number of hydrogen-bond donors (Lipinski definition) is 1. The van der Waals surface area contributed by atoms with Gasteiger partial charge in [-0.05, 0) is 13.0 Å². The summed E-state index contributed by atoms with van der Waals surface area (Å²) in [6, 6.07) is 2.14. The number of nitrogens with one attached hydrogen (secondary N) is 1. The number of aromatic nitrogens is 2. The van der Waals surface area contributed by atoms with E-state index in [1.54, 1.807) is 6.92 Å². The molecule has 1 unspecified atom stereocenters. The smallest absolute Gasteiger partial charge is 0.275 e. The standard InChI is InChI=1S/C11H14N4O3/c1-7-10(17)12-5-6-15(7)11(18)8-3-4-9(16)14(2)13-8/h3-4,7H,5-6H2,1-2H3,(H,12,17). The molecule has 1 aromatic rings. The average Bonchev–Trinajstić information content (AvgIpc) is 2.35. The maximum Gasteiger partial charge on any atom is 0.275 e.